The van der Waals surface area contributed by atoms with Gasteiger partial charge >= 0.3 is 12.1 Å². The van der Waals surface area contributed by atoms with Gasteiger partial charge in [-0.15, -0.1) is 11.3 Å². The number of carboxylic acid groups (broad SMARTS) is 1. The Kier molecular flexibility index (Phi) is 10.9. The molecule has 2 aromatic carbocycles. The molecule has 1 aliphatic heterocycles. The van der Waals surface area contributed by atoms with Crippen molar-refractivity contribution < 1.29 is 27.5 Å². The Balaban J connectivity index is 1.27. The minimum absolute atomic E-state index is 0.0344. The van der Waals surface area contributed by atoms with Gasteiger partial charge in [0.1, 0.15) is 11.9 Å². The van der Waals surface area contributed by atoms with Gasteiger partial charge in [0.15, 0.2) is 0 Å². The highest BCUT2D eigenvalue weighted by Crippen LogP contribution is 2.44. The van der Waals surface area contributed by atoms with Crippen molar-refractivity contribution in [3.05, 3.63) is 86.6 Å². The summed E-state index contributed by atoms with van der Waals surface area (Å²) in [7, 11) is 1.91. The lowest BCUT2D eigenvalue weighted by Crippen LogP contribution is -2.47. The van der Waals surface area contributed by atoms with Crippen LogP contribution in [0.1, 0.15) is 90.6 Å². The standard InChI is InChI=1S/C36H45F4N3O2S/c1-5-31-34(46-32(41-31)19-25-9-6-7-12-30(25)36(38,39)40)23-13-15-43(16-14-23)21-26-18-28(42(4)33(22(2)3)35(44)45)20-29(26)24-10-8-11-27(37)17-24/h6-12,17,22-23,26,28-29,33H,5,13-16,18-21H2,1-4H3,(H,44,45)/t26?,28?,29?,33-/m1/s1. The second-order valence-corrected chi connectivity index (χ2v) is 14.5. The van der Waals surface area contributed by atoms with Crippen LogP contribution in [0.25, 0.3) is 0 Å². The van der Waals surface area contributed by atoms with Crippen molar-refractivity contribution in [1.82, 2.24) is 14.8 Å². The van der Waals surface area contributed by atoms with E-state index in [0.717, 1.165) is 74.1 Å². The zero-order valence-corrected chi connectivity index (χ0v) is 27.9. The Bertz CT molecular complexity index is 1480. The Morgan fingerprint density at radius 2 is 1.83 bits per heavy atom. The van der Waals surface area contributed by atoms with Crippen molar-refractivity contribution in [2.45, 2.75) is 89.4 Å². The molecule has 2 aliphatic rings. The lowest BCUT2D eigenvalue weighted by molar-refractivity contribution is -0.145. The molecule has 1 aliphatic carbocycles. The summed E-state index contributed by atoms with van der Waals surface area (Å²) in [4.78, 5) is 22.6. The molecule has 1 N–H and O–H groups in total. The monoisotopic (exact) mass is 659 g/mol. The number of aliphatic carboxylic acids is 1. The first-order chi connectivity index (χ1) is 21.8. The summed E-state index contributed by atoms with van der Waals surface area (Å²) in [5, 5.41) is 10.7. The van der Waals surface area contributed by atoms with Gasteiger partial charge in [-0.05, 0) is 105 Å². The normalized spacial score (nSPS) is 22.2. The molecule has 5 rings (SSSR count). The number of nitrogens with zero attached hydrogens (tertiary/aromatic N) is 3. The average Bonchev–Trinajstić information content (AvgIpc) is 3.61. The molecule has 1 aromatic heterocycles. The first-order valence-corrected chi connectivity index (χ1v) is 17.2. The molecule has 2 heterocycles. The van der Waals surface area contributed by atoms with Crippen LogP contribution in [0.2, 0.25) is 0 Å². The zero-order chi connectivity index (χ0) is 33.2. The number of thiazole rings is 1. The molecule has 46 heavy (non-hydrogen) atoms. The van der Waals surface area contributed by atoms with Crippen molar-refractivity contribution in [3.8, 4) is 0 Å². The first-order valence-electron chi connectivity index (χ1n) is 16.4. The predicted octanol–water partition coefficient (Wildman–Crippen LogP) is 8.24. The second-order valence-electron chi connectivity index (χ2n) is 13.4. The van der Waals surface area contributed by atoms with E-state index in [4.69, 9.17) is 4.98 Å². The lowest BCUT2D eigenvalue weighted by atomic mass is 9.87. The molecule has 3 unspecified atom stereocenters. The fourth-order valence-electron chi connectivity index (χ4n) is 7.82. The third kappa shape index (κ3) is 7.82. The van der Waals surface area contributed by atoms with E-state index in [1.165, 1.54) is 17.0 Å². The largest absolute Gasteiger partial charge is 0.480 e. The molecule has 0 amide bonds. The molecule has 2 fully saturated rings. The van der Waals surface area contributed by atoms with Crippen LogP contribution in [0.4, 0.5) is 17.6 Å². The topological polar surface area (TPSA) is 56.7 Å². The van der Waals surface area contributed by atoms with E-state index < -0.39 is 23.8 Å². The molecular weight excluding hydrogens is 614 g/mol. The number of rotatable bonds is 11. The number of likely N-dealkylation sites (N-methyl/N-ethyl adjacent to an activating group) is 1. The van der Waals surface area contributed by atoms with Crippen LogP contribution in [-0.2, 0) is 23.8 Å². The highest BCUT2D eigenvalue weighted by atomic mass is 32.1. The fourth-order valence-corrected chi connectivity index (χ4v) is 9.17. The van der Waals surface area contributed by atoms with Gasteiger partial charge in [0.25, 0.3) is 0 Å². The van der Waals surface area contributed by atoms with Gasteiger partial charge in [-0.3, -0.25) is 9.69 Å². The third-order valence-corrected chi connectivity index (χ3v) is 11.3. The van der Waals surface area contributed by atoms with Crippen molar-refractivity contribution in [1.29, 1.82) is 0 Å². The number of aryl methyl sites for hydroxylation is 1. The minimum Gasteiger partial charge on any atom is -0.480 e. The van der Waals surface area contributed by atoms with Crippen molar-refractivity contribution >= 4 is 17.3 Å². The van der Waals surface area contributed by atoms with Gasteiger partial charge < -0.3 is 10.0 Å². The first kappa shape index (κ1) is 34.5. The lowest BCUT2D eigenvalue weighted by Gasteiger charge is -2.35. The van der Waals surface area contributed by atoms with E-state index in [1.54, 1.807) is 35.6 Å². The van der Waals surface area contributed by atoms with E-state index in [-0.39, 0.29) is 41.6 Å². The predicted molar refractivity (Wildman–Crippen MR) is 174 cm³/mol. The quantitative estimate of drug-likeness (QED) is 0.210. The maximum atomic E-state index is 14.3. The molecule has 0 radical (unpaired) electrons. The Hall–Kier alpha value is -2.82. The van der Waals surface area contributed by atoms with Crippen molar-refractivity contribution in [2.24, 2.45) is 11.8 Å². The molecule has 3 aromatic rings. The minimum atomic E-state index is -4.40. The molecule has 250 valence electrons. The maximum Gasteiger partial charge on any atom is 0.416 e. The summed E-state index contributed by atoms with van der Waals surface area (Å²) < 4.78 is 55.1. The third-order valence-electron chi connectivity index (χ3n) is 10.1. The molecule has 10 heteroatoms. The number of carboxylic acids is 1. The molecule has 4 atom stereocenters. The summed E-state index contributed by atoms with van der Waals surface area (Å²) in [5.74, 6) is -0.378. The summed E-state index contributed by atoms with van der Waals surface area (Å²) >= 11 is 1.56. The number of hydrogen-bond acceptors (Lipinski definition) is 5. The zero-order valence-electron chi connectivity index (χ0n) is 27.1. The molecular formula is C36H45F4N3O2S. The van der Waals surface area contributed by atoms with Crippen LogP contribution in [0.3, 0.4) is 0 Å². The summed E-state index contributed by atoms with van der Waals surface area (Å²) in [5.41, 5.74) is 1.62. The SMILES string of the molecule is CCc1nc(Cc2ccccc2C(F)(F)F)sc1C1CCN(CC2CC(N(C)[C@@H](C(=O)O)C(C)C)CC2c2cccc(F)c2)CC1. The summed E-state index contributed by atoms with van der Waals surface area (Å²) in [6.07, 6.45) is 0.0550. The van der Waals surface area contributed by atoms with E-state index in [0.29, 0.717) is 5.92 Å². The van der Waals surface area contributed by atoms with Gasteiger partial charge in [0.05, 0.1) is 16.3 Å². The highest BCUT2D eigenvalue weighted by molar-refractivity contribution is 7.11. The second kappa shape index (κ2) is 14.5. The van der Waals surface area contributed by atoms with Crippen LogP contribution in [0, 0.1) is 17.7 Å². The summed E-state index contributed by atoms with van der Waals surface area (Å²) in [6.45, 7) is 8.58. The van der Waals surface area contributed by atoms with Gasteiger partial charge in [-0.25, -0.2) is 9.37 Å². The molecule has 1 saturated carbocycles. The van der Waals surface area contributed by atoms with Gasteiger partial charge in [0, 0.05) is 23.9 Å². The van der Waals surface area contributed by atoms with Crippen LogP contribution >= 0.6 is 11.3 Å². The number of piperidine rings is 1. The molecule has 0 spiro atoms. The number of benzene rings is 2. The van der Waals surface area contributed by atoms with Crippen molar-refractivity contribution in [2.75, 3.05) is 26.7 Å². The van der Waals surface area contributed by atoms with Gasteiger partial charge in [-0.1, -0.05) is 51.1 Å². The number of aromatic nitrogens is 1. The van der Waals surface area contributed by atoms with Gasteiger partial charge in [-0.2, -0.15) is 13.2 Å². The van der Waals surface area contributed by atoms with E-state index >= 15 is 0 Å². The van der Waals surface area contributed by atoms with Gasteiger partial charge in [0.2, 0.25) is 0 Å². The van der Waals surface area contributed by atoms with Crippen LogP contribution < -0.4 is 0 Å². The fraction of sp³-hybridized carbons (Fsp3) is 0.556. The van der Waals surface area contributed by atoms with E-state index in [1.807, 2.05) is 31.9 Å². The smallest absolute Gasteiger partial charge is 0.416 e. The number of halogens is 4. The van der Waals surface area contributed by atoms with E-state index in [9.17, 15) is 27.5 Å². The van der Waals surface area contributed by atoms with Crippen LogP contribution in [0.5, 0.6) is 0 Å². The number of carbonyl (C=O) groups is 1. The summed E-state index contributed by atoms with van der Waals surface area (Å²) in [6, 6.07) is 12.1. The molecule has 1 saturated heterocycles. The Morgan fingerprint density at radius 3 is 2.46 bits per heavy atom. The molecule has 0 bridgehead atoms. The van der Waals surface area contributed by atoms with Crippen LogP contribution in [0.15, 0.2) is 48.5 Å². The van der Waals surface area contributed by atoms with Crippen molar-refractivity contribution in [3.63, 3.8) is 0 Å². The van der Waals surface area contributed by atoms with Crippen LogP contribution in [-0.4, -0.2) is 64.6 Å². The Morgan fingerprint density at radius 1 is 1.11 bits per heavy atom. The number of likely N-dealkylation sites (tertiary alicyclic amines) is 1. The molecule has 5 nitrogen and oxygen atoms in total. The average molecular weight is 660 g/mol. The number of alkyl halides is 3. The van der Waals surface area contributed by atoms with E-state index in [2.05, 4.69) is 11.8 Å². The number of hydrogen-bond donors (Lipinski definition) is 1. The highest BCUT2D eigenvalue weighted by Gasteiger charge is 2.42. The maximum absolute atomic E-state index is 14.3. The Labute approximate surface area is 273 Å².